The first-order valence-corrected chi connectivity index (χ1v) is 2.32. The maximum atomic E-state index is 12.2. The summed E-state index contributed by atoms with van der Waals surface area (Å²) in [5.74, 6) is -2.21. The molecule has 0 atom stereocenters. The van der Waals surface area contributed by atoms with Crippen LogP contribution in [-0.4, -0.2) is 9.97 Å². The molecule has 1 aromatic rings. The fourth-order valence-electron chi connectivity index (χ4n) is 0.422. The zero-order chi connectivity index (χ0) is 7.56. The number of rotatable bonds is 0. The predicted molar refractivity (Wildman–Crippen MR) is 26.7 cm³/mol. The molecule has 10 heavy (non-hydrogen) atoms. The highest BCUT2D eigenvalue weighted by molar-refractivity contribution is 5.16. The molecule has 1 rings (SSSR count). The van der Waals surface area contributed by atoms with Gasteiger partial charge in [-0.05, 0) is 0 Å². The molecule has 0 amide bonds. The lowest BCUT2D eigenvalue weighted by molar-refractivity contribution is 0.500. The minimum Gasteiger partial charge on any atom is -0.236 e. The third-order valence-electron chi connectivity index (χ3n) is 0.806. The summed E-state index contributed by atoms with van der Waals surface area (Å²) in [4.78, 5) is 5.85. The molecule has 3 nitrogen and oxygen atoms in total. The van der Waals surface area contributed by atoms with Gasteiger partial charge in [0.1, 0.15) is 6.07 Å². The first-order chi connectivity index (χ1) is 4.74. The second-order valence-corrected chi connectivity index (χ2v) is 1.44. The van der Waals surface area contributed by atoms with E-state index in [1.54, 1.807) is 0 Å². The highest BCUT2D eigenvalue weighted by Gasteiger charge is 2.04. The van der Waals surface area contributed by atoms with Crippen LogP contribution in [0.4, 0.5) is 8.78 Å². The smallest absolute Gasteiger partial charge is 0.236 e. The minimum absolute atomic E-state index is 0.499. The van der Waals surface area contributed by atoms with Crippen LogP contribution in [0.3, 0.4) is 0 Å². The highest BCUT2D eigenvalue weighted by Crippen LogP contribution is 1.98. The summed E-state index contributed by atoms with van der Waals surface area (Å²) < 4.78 is 24.2. The van der Waals surface area contributed by atoms with Crippen LogP contribution in [0.1, 0.15) is 5.69 Å². The summed E-state index contributed by atoms with van der Waals surface area (Å²) in [6, 6.07) is 1.41. The average Bonchev–Trinajstić information content (AvgIpc) is 1.88. The van der Waals surface area contributed by atoms with E-state index in [9.17, 15) is 8.78 Å². The molecule has 0 saturated heterocycles. The number of hydrogen-bond acceptors (Lipinski definition) is 3. The van der Waals surface area contributed by atoms with Gasteiger partial charge in [0.25, 0.3) is 5.95 Å². The van der Waals surface area contributed by atoms with Crippen molar-refractivity contribution in [2.45, 2.75) is 0 Å². The lowest BCUT2D eigenvalue weighted by Crippen LogP contribution is -1.95. The number of halogens is 2. The summed E-state index contributed by atoms with van der Waals surface area (Å²) in [6.07, 6.45) is 0.682. The van der Waals surface area contributed by atoms with E-state index in [4.69, 9.17) is 5.26 Å². The Morgan fingerprint density at radius 3 is 2.70 bits per heavy atom. The van der Waals surface area contributed by atoms with Crippen molar-refractivity contribution in [3.05, 3.63) is 23.8 Å². The van der Waals surface area contributed by atoms with E-state index in [2.05, 4.69) is 9.97 Å². The molecule has 1 heterocycles. The van der Waals surface area contributed by atoms with Gasteiger partial charge in [-0.25, -0.2) is 4.98 Å². The summed E-state index contributed by atoms with van der Waals surface area (Å²) in [5, 5.41) is 8.09. The SMILES string of the molecule is N#Cc1ncc(F)nc1F. The van der Waals surface area contributed by atoms with Gasteiger partial charge >= 0.3 is 0 Å². The quantitative estimate of drug-likeness (QED) is 0.532. The summed E-state index contributed by atoms with van der Waals surface area (Å²) >= 11 is 0. The highest BCUT2D eigenvalue weighted by atomic mass is 19.1. The van der Waals surface area contributed by atoms with Crippen LogP contribution in [0.15, 0.2) is 6.20 Å². The lowest BCUT2D eigenvalue weighted by atomic mass is 10.5. The van der Waals surface area contributed by atoms with Crippen molar-refractivity contribution in [1.29, 1.82) is 5.26 Å². The van der Waals surface area contributed by atoms with E-state index in [0.29, 0.717) is 6.20 Å². The second kappa shape index (κ2) is 2.35. The van der Waals surface area contributed by atoms with Gasteiger partial charge in [-0.2, -0.15) is 19.0 Å². The Hall–Kier alpha value is -1.57. The van der Waals surface area contributed by atoms with Gasteiger partial charge in [-0.1, -0.05) is 0 Å². The molecule has 0 aliphatic rings. The molecule has 1 aromatic heterocycles. The third kappa shape index (κ3) is 1.05. The van der Waals surface area contributed by atoms with Crippen molar-refractivity contribution in [2.24, 2.45) is 0 Å². The zero-order valence-electron chi connectivity index (χ0n) is 4.67. The fraction of sp³-hybridized carbons (Fsp3) is 0. The first kappa shape index (κ1) is 6.55. The van der Waals surface area contributed by atoms with Crippen LogP contribution in [0.5, 0.6) is 0 Å². The maximum absolute atomic E-state index is 12.2. The van der Waals surface area contributed by atoms with Crippen molar-refractivity contribution in [2.75, 3.05) is 0 Å². The zero-order valence-corrected chi connectivity index (χ0v) is 4.67. The molecule has 0 fully saturated rings. The minimum atomic E-state index is -1.18. The molecule has 0 bridgehead atoms. The molecular weight excluding hydrogens is 140 g/mol. The van der Waals surface area contributed by atoms with Gasteiger partial charge in [-0.15, -0.1) is 0 Å². The Labute approximate surface area is 55.0 Å². The largest absolute Gasteiger partial charge is 0.252 e. The van der Waals surface area contributed by atoms with Crippen molar-refractivity contribution in [3.63, 3.8) is 0 Å². The van der Waals surface area contributed by atoms with Crippen LogP contribution < -0.4 is 0 Å². The predicted octanol–water partition coefficient (Wildman–Crippen LogP) is 0.626. The Kier molecular flexibility index (Phi) is 1.54. The Morgan fingerprint density at radius 1 is 1.50 bits per heavy atom. The molecule has 0 aliphatic heterocycles. The molecule has 0 spiro atoms. The molecule has 0 aromatic carbocycles. The topological polar surface area (TPSA) is 49.6 Å². The number of nitriles is 1. The number of aromatic nitrogens is 2. The van der Waals surface area contributed by atoms with E-state index in [-0.39, 0.29) is 0 Å². The summed E-state index contributed by atoms with van der Waals surface area (Å²) in [6.45, 7) is 0. The maximum Gasteiger partial charge on any atom is 0.252 e. The van der Waals surface area contributed by atoms with Crippen LogP contribution >= 0.6 is 0 Å². The Morgan fingerprint density at radius 2 is 2.20 bits per heavy atom. The lowest BCUT2D eigenvalue weighted by Gasteiger charge is -1.88. The van der Waals surface area contributed by atoms with Gasteiger partial charge in [-0.3, -0.25) is 0 Å². The van der Waals surface area contributed by atoms with Crippen molar-refractivity contribution in [1.82, 2.24) is 9.97 Å². The molecule has 0 unspecified atom stereocenters. The number of hydrogen-bond donors (Lipinski definition) is 0. The monoisotopic (exact) mass is 141 g/mol. The van der Waals surface area contributed by atoms with E-state index in [0.717, 1.165) is 0 Å². The van der Waals surface area contributed by atoms with Crippen LogP contribution in [0, 0.1) is 23.2 Å². The van der Waals surface area contributed by atoms with Crippen LogP contribution in [0.2, 0.25) is 0 Å². The van der Waals surface area contributed by atoms with Gasteiger partial charge < -0.3 is 0 Å². The standard InChI is InChI=1S/C5HF2N3/c6-4-2-9-3(1-8)5(7)10-4/h2H. The Bertz CT molecular complexity index is 291. The van der Waals surface area contributed by atoms with Crippen LogP contribution in [-0.2, 0) is 0 Å². The fourth-order valence-corrected chi connectivity index (χ4v) is 0.422. The third-order valence-corrected chi connectivity index (χ3v) is 0.806. The molecule has 0 aliphatic carbocycles. The van der Waals surface area contributed by atoms with Crippen molar-refractivity contribution < 1.29 is 8.78 Å². The van der Waals surface area contributed by atoms with E-state index in [1.165, 1.54) is 6.07 Å². The van der Waals surface area contributed by atoms with Gasteiger partial charge in [0.15, 0.2) is 5.69 Å². The molecular formula is C5HF2N3. The van der Waals surface area contributed by atoms with Crippen molar-refractivity contribution in [3.8, 4) is 6.07 Å². The molecule has 0 radical (unpaired) electrons. The van der Waals surface area contributed by atoms with E-state index >= 15 is 0 Å². The molecule has 50 valence electrons. The summed E-state index contributed by atoms with van der Waals surface area (Å²) in [5.41, 5.74) is -0.499. The average molecular weight is 141 g/mol. The van der Waals surface area contributed by atoms with Gasteiger partial charge in [0, 0.05) is 0 Å². The number of nitrogens with zero attached hydrogens (tertiary/aromatic N) is 3. The van der Waals surface area contributed by atoms with E-state index in [1.807, 2.05) is 0 Å². The van der Waals surface area contributed by atoms with Crippen LogP contribution in [0.25, 0.3) is 0 Å². The van der Waals surface area contributed by atoms with Crippen molar-refractivity contribution >= 4 is 0 Å². The Balaban J connectivity index is 3.23. The molecule has 0 saturated carbocycles. The van der Waals surface area contributed by atoms with Gasteiger partial charge in [0.2, 0.25) is 5.95 Å². The summed E-state index contributed by atoms with van der Waals surface area (Å²) in [7, 11) is 0. The second-order valence-electron chi connectivity index (χ2n) is 1.44. The normalized spacial score (nSPS) is 8.90. The molecule has 5 heteroatoms. The molecule has 0 N–H and O–H groups in total. The van der Waals surface area contributed by atoms with E-state index < -0.39 is 17.6 Å². The van der Waals surface area contributed by atoms with Gasteiger partial charge in [0.05, 0.1) is 6.20 Å². The first-order valence-electron chi connectivity index (χ1n) is 2.32.